The van der Waals surface area contributed by atoms with Gasteiger partial charge in [-0.2, -0.15) is 0 Å². The van der Waals surface area contributed by atoms with Crippen molar-refractivity contribution < 1.29 is 9.59 Å². The van der Waals surface area contributed by atoms with Gasteiger partial charge in [0.1, 0.15) is 0 Å². The largest absolute Gasteiger partial charge is 0.370 e. The SMILES string of the molecule is CC(=O)Nc1ccc(N2CCCC3(CCN(C4CCCCCC4)C3=O)C2)cc1. The molecule has 1 saturated carbocycles. The molecule has 5 nitrogen and oxygen atoms in total. The minimum Gasteiger partial charge on any atom is -0.370 e. The average molecular weight is 384 g/mol. The number of carbonyl (C=O) groups excluding carboxylic acids is 2. The summed E-state index contributed by atoms with van der Waals surface area (Å²) in [5.74, 6) is 0.360. The highest BCUT2D eigenvalue weighted by atomic mass is 16.2. The molecule has 1 atom stereocenters. The molecule has 1 unspecified atom stereocenters. The molecule has 1 aliphatic carbocycles. The Morgan fingerprint density at radius 1 is 1.00 bits per heavy atom. The number of hydrogen-bond donors (Lipinski definition) is 1. The Morgan fingerprint density at radius 2 is 1.71 bits per heavy atom. The molecule has 28 heavy (non-hydrogen) atoms. The monoisotopic (exact) mass is 383 g/mol. The van der Waals surface area contributed by atoms with Crippen LogP contribution in [-0.4, -0.2) is 42.4 Å². The van der Waals surface area contributed by atoms with E-state index >= 15 is 0 Å². The second-order valence-corrected chi connectivity index (χ2v) is 8.93. The molecule has 2 amide bonds. The van der Waals surface area contributed by atoms with Gasteiger partial charge in [-0.1, -0.05) is 25.7 Å². The van der Waals surface area contributed by atoms with Crippen LogP contribution in [0, 0.1) is 5.41 Å². The third-order valence-corrected chi connectivity index (χ3v) is 6.94. The summed E-state index contributed by atoms with van der Waals surface area (Å²) < 4.78 is 0. The second-order valence-electron chi connectivity index (χ2n) is 8.93. The van der Waals surface area contributed by atoms with Gasteiger partial charge in [-0.25, -0.2) is 0 Å². The maximum Gasteiger partial charge on any atom is 0.230 e. The minimum absolute atomic E-state index is 0.0557. The Bertz CT molecular complexity index is 709. The standard InChI is InChI=1S/C23H33N3O2/c1-18(27)24-19-9-11-20(12-10-19)25-15-6-13-23(17-25)14-16-26(22(23)28)21-7-4-2-3-5-8-21/h9-12,21H,2-8,13-17H2,1H3,(H,24,27). The van der Waals surface area contributed by atoms with E-state index in [2.05, 4.69) is 27.2 Å². The predicted molar refractivity (Wildman–Crippen MR) is 112 cm³/mol. The van der Waals surface area contributed by atoms with E-state index in [9.17, 15) is 9.59 Å². The number of likely N-dealkylation sites (tertiary alicyclic amines) is 1. The van der Waals surface area contributed by atoms with E-state index in [0.29, 0.717) is 11.9 Å². The van der Waals surface area contributed by atoms with Crippen LogP contribution in [0.1, 0.15) is 64.7 Å². The van der Waals surface area contributed by atoms with Gasteiger partial charge in [0.05, 0.1) is 5.41 Å². The fourth-order valence-electron chi connectivity index (χ4n) is 5.46. The maximum atomic E-state index is 13.5. The summed E-state index contributed by atoms with van der Waals surface area (Å²) in [6.45, 7) is 4.29. The van der Waals surface area contributed by atoms with Crippen LogP contribution in [0.15, 0.2) is 24.3 Å². The van der Waals surface area contributed by atoms with Gasteiger partial charge in [0.15, 0.2) is 0 Å². The first kappa shape index (κ1) is 19.3. The lowest BCUT2D eigenvalue weighted by molar-refractivity contribution is -0.138. The predicted octanol–water partition coefficient (Wildman–Crippen LogP) is 4.19. The van der Waals surface area contributed by atoms with E-state index < -0.39 is 0 Å². The maximum absolute atomic E-state index is 13.5. The fourth-order valence-corrected chi connectivity index (χ4v) is 5.46. The molecule has 3 fully saturated rings. The van der Waals surface area contributed by atoms with E-state index in [-0.39, 0.29) is 11.3 Å². The number of nitrogens with one attached hydrogen (secondary N) is 1. The topological polar surface area (TPSA) is 52.7 Å². The van der Waals surface area contributed by atoms with Gasteiger partial charge in [-0.3, -0.25) is 9.59 Å². The third kappa shape index (κ3) is 3.89. The first-order chi connectivity index (χ1) is 13.6. The number of rotatable bonds is 3. The summed E-state index contributed by atoms with van der Waals surface area (Å²) in [6.07, 6.45) is 10.7. The first-order valence-electron chi connectivity index (χ1n) is 11.0. The lowest BCUT2D eigenvalue weighted by atomic mass is 9.78. The molecule has 2 aliphatic heterocycles. The van der Waals surface area contributed by atoms with Crippen LogP contribution in [0.4, 0.5) is 11.4 Å². The van der Waals surface area contributed by atoms with Gasteiger partial charge in [0.2, 0.25) is 11.8 Å². The molecule has 0 radical (unpaired) electrons. The van der Waals surface area contributed by atoms with E-state index in [1.807, 2.05) is 12.1 Å². The number of benzene rings is 1. The first-order valence-corrected chi connectivity index (χ1v) is 11.0. The van der Waals surface area contributed by atoms with Crippen LogP contribution in [0.25, 0.3) is 0 Å². The van der Waals surface area contributed by atoms with E-state index in [1.165, 1.54) is 45.4 Å². The second kappa shape index (κ2) is 8.14. The Morgan fingerprint density at radius 3 is 2.39 bits per heavy atom. The van der Waals surface area contributed by atoms with Crippen LogP contribution < -0.4 is 10.2 Å². The molecule has 0 aromatic heterocycles. The van der Waals surface area contributed by atoms with Crippen molar-refractivity contribution >= 4 is 23.2 Å². The van der Waals surface area contributed by atoms with Crippen LogP contribution in [0.2, 0.25) is 0 Å². The zero-order valence-corrected chi connectivity index (χ0v) is 17.1. The molecule has 0 bridgehead atoms. The van der Waals surface area contributed by atoms with Crippen molar-refractivity contribution in [3.63, 3.8) is 0 Å². The molecule has 1 aromatic carbocycles. The number of anilines is 2. The van der Waals surface area contributed by atoms with Gasteiger partial charge >= 0.3 is 0 Å². The van der Waals surface area contributed by atoms with Crippen molar-refractivity contribution in [2.75, 3.05) is 29.9 Å². The number of nitrogens with zero attached hydrogens (tertiary/aromatic N) is 2. The summed E-state index contributed by atoms with van der Waals surface area (Å²) in [5.41, 5.74) is 1.77. The molecular formula is C23H33N3O2. The van der Waals surface area contributed by atoms with Gasteiger partial charge < -0.3 is 15.1 Å². The number of amides is 2. The minimum atomic E-state index is -0.194. The van der Waals surface area contributed by atoms with Crippen LogP contribution in [0.3, 0.4) is 0 Å². The quantitative estimate of drug-likeness (QED) is 0.797. The zero-order chi connectivity index (χ0) is 19.6. The summed E-state index contributed by atoms with van der Waals surface area (Å²) in [5, 5.41) is 2.82. The highest BCUT2D eigenvalue weighted by Gasteiger charge is 2.50. The van der Waals surface area contributed by atoms with Crippen molar-refractivity contribution in [2.45, 2.75) is 70.8 Å². The van der Waals surface area contributed by atoms with Crippen molar-refractivity contribution in [3.8, 4) is 0 Å². The summed E-state index contributed by atoms with van der Waals surface area (Å²) in [4.78, 5) is 29.3. The molecule has 5 heteroatoms. The van der Waals surface area contributed by atoms with E-state index in [1.54, 1.807) is 0 Å². The van der Waals surface area contributed by atoms with Gasteiger partial charge in [0.25, 0.3) is 0 Å². The van der Waals surface area contributed by atoms with Crippen LogP contribution in [-0.2, 0) is 9.59 Å². The number of carbonyl (C=O) groups is 2. The molecule has 2 saturated heterocycles. The van der Waals surface area contributed by atoms with Crippen molar-refractivity contribution in [1.82, 2.24) is 4.90 Å². The lowest BCUT2D eigenvalue weighted by Crippen LogP contribution is -2.49. The molecule has 4 rings (SSSR count). The number of piperidine rings is 1. The van der Waals surface area contributed by atoms with Crippen LogP contribution in [0.5, 0.6) is 0 Å². The molecule has 1 N–H and O–H groups in total. The molecule has 2 heterocycles. The highest BCUT2D eigenvalue weighted by molar-refractivity contribution is 5.89. The Hall–Kier alpha value is -2.04. The van der Waals surface area contributed by atoms with E-state index in [4.69, 9.17) is 0 Å². The van der Waals surface area contributed by atoms with Gasteiger partial charge in [-0.05, 0) is 56.4 Å². The number of hydrogen-bond acceptors (Lipinski definition) is 3. The Kier molecular flexibility index (Phi) is 5.61. The normalized spacial score (nSPS) is 26.5. The summed E-state index contributed by atoms with van der Waals surface area (Å²) in [6, 6.07) is 8.50. The average Bonchev–Trinajstić information content (AvgIpc) is 2.88. The molecule has 152 valence electrons. The van der Waals surface area contributed by atoms with Gasteiger partial charge in [-0.15, -0.1) is 0 Å². The van der Waals surface area contributed by atoms with Crippen LogP contribution >= 0.6 is 0 Å². The Balaban J connectivity index is 1.45. The smallest absolute Gasteiger partial charge is 0.230 e. The zero-order valence-electron chi connectivity index (χ0n) is 17.1. The summed E-state index contributed by atoms with van der Waals surface area (Å²) >= 11 is 0. The highest BCUT2D eigenvalue weighted by Crippen LogP contribution is 2.43. The van der Waals surface area contributed by atoms with Crippen molar-refractivity contribution in [2.24, 2.45) is 5.41 Å². The molecule has 1 aromatic rings. The third-order valence-electron chi connectivity index (χ3n) is 6.94. The molecule has 1 spiro atoms. The molecule has 3 aliphatic rings. The van der Waals surface area contributed by atoms with Crippen molar-refractivity contribution in [1.29, 1.82) is 0 Å². The van der Waals surface area contributed by atoms with Crippen molar-refractivity contribution in [3.05, 3.63) is 24.3 Å². The Labute approximate surface area is 168 Å². The fraction of sp³-hybridized carbons (Fsp3) is 0.652. The molecular weight excluding hydrogens is 350 g/mol. The van der Waals surface area contributed by atoms with Gasteiger partial charge in [0, 0.05) is 44.0 Å². The lowest BCUT2D eigenvalue weighted by Gasteiger charge is -2.41. The summed E-state index contributed by atoms with van der Waals surface area (Å²) in [7, 11) is 0. The van der Waals surface area contributed by atoms with E-state index in [0.717, 1.165) is 50.3 Å².